The number of hydrogen-bond donors (Lipinski definition) is 1. The fourth-order valence-electron chi connectivity index (χ4n) is 4.12. The summed E-state index contributed by atoms with van der Waals surface area (Å²) < 4.78 is 0. The van der Waals surface area contributed by atoms with E-state index in [2.05, 4.69) is 51.2 Å². The Morgan fingerprint density at radius 1 is 1.22 bits per heavy atom. The van der Waals surface area contributed by atoms with Crippen LogP contribution < -0.4 is 5.32 Å². The highest BCUT2D eigenvalue weighted by atomic mass is 15.0. The minimum absolute atomic E-state index is 0.317. The number of nitrogens with one attached hydrogen (secondary N) is 1. The van der Waals surface area contributed by atoms with E-state index in [9.17, 15) is 0 Å². The summed E-state index contributed by atoms with van der Waals surface area (Å²) in [7, 11) is 0. The molecule has 98 valence electrons. The van der Waals surface area contributed by atoms with Crippen molar-refractivity contribution in [1.29, 1.82) is 0 Å². The highest BCUT2D eigenvalue weighted by Gasteiger charge is 2.44. The Morgan fingerprint density at radius 2 is 2.00 bits per heavy atom. The molecule has 1 heteroatoms. The molecule has 1 fully saturated rings. The molecule has 1 aromatic carbocycles. The first-order chi connectivity index (χ1) is 8.48. The Labute approximate surface area is 111 Å². The van der Waals surface area contributed by atoms with Gasteiger partial charge in [0.2, 0.25) is 0 Å². The number of fused-ring (bicyclic) bond motifs is 2. The van der Waals surface area contributed by atoms with Crippen LogP contribution in [0.25, 0.3) is 0 Å². The predicted octanol–water partition coefficient (Wildman–Crippen LogP) is 4.50. The summed E-state index contributed by atoms with van der Waals surface area (Å²) >= 11 is 0. The van der Waals surface area contributed by atoms with Crippen LogP contribution in [0.5, 0.6) is 0 Å². The molecule has 3 rings (SSSR count). The monoisotopic (exact) mass is 243 g/mol. The lowest BCUT2D eigenvalue weighted by atomic mass is 9.61. The fourth-order valence-corrected chi connectivity index (χ4v) is 4.12. The zero-order chi connectivity index (χ0) is 12.9. The third-order valence-electron chi connectivity index (χ3n) is 5.25. The lowest BCUT2D eigenvalue weighted by Gasteiger charge is -2.50. The smallest absolute Gasteiger partial charge is 0.0380 e. The molecule has 1 aliphatic heterocycles. The van der Waals surface area contributed by atoms with Crippen LogP contribution in [0.1, 0.15) is 51.2 Å². The molecule has 0 aromatic heterocycles. The summed E-state index contributed by atoms with van der Waals surface area (Å²) in [4.78, 5) is 0. The van der Waals surface area contributed by atoms with Crippen molar-refractivity contribution in [2.45, 2.75) is 58.4 Å². The van der Waals surface area contributed by atoms with Crippen LogP contribution in [0.15, 0.2) is 18.2 Å². The summed E-state index contributed by atoms with van der Waals surface area (Å²) in [6, 6.07) is 7.58. The zero-order valence-corrected chi connectivity index (χ0v) is 12.1. The summed E-state index contributed by atoms with van der Waals surface area (Å²) in [6.45, 7) is 9.49. The molecule has 1 nitrogen and oxygen atoms in total. The average Bonchev–Trinajstić information content (AvgIpc) is 2.30. The van der Waals surface area contributed by atoms with Crippen LogP contribution >= 0.6 is 0 Å². The van der Waals surface area contributed by atoms with Crippen molar-refractivity contribution < 1.29 is 0 Å². The Kier molecular flexibility index (Phi) is 2.69. The number of benzene rings is 1. The molecule has 3 atom stereocenters. The van der Waals surface area contributed by atoms with Gasteiger partial charge in [-0.2, -0.15) is 0 Å². The van der Waals surface area contributed by atoms with Gasteiger partial charge < -0.3 is 5.32 Å². The molecule has 0 saturated heterocycles. The van der Waals surface area contributed by atoms with Crippen LogP contribution in [0.2, 0.25) is 0 Å². The minimum atomic E-state index is 0.317. The number of hydrogen-bond acceptors (Lipinski definition) is 1. The summed E-state index contributed by atoms with van der Waals surface area (Å²) in [5, 5.41) is 3.81. The average molecular weight is 243 g/mol. The van der Waals surface area contributed by atoms with E-state index in [4.69, 9.17) is 0 Å². The maximum atomic E-state index is 3.81. The molecule has 1 N–H and O–H groups in total. The van der Waals surface area contributed by atoms with Gasteiger partial charge in [0.25, 0.3) is 0 Å². The van der Waals surface area contributed by atoms with Gasteiger partial charge in [-0.15, -0.1) is 0 Å². The molecule has 0 spiro atoms. The Morgan fingerprint density at radius 3 is 2.78 bits per heavy atom. The van der Waals surface area contributed by atoms with Gasteiger partial charge >= 0.3 is 0 Å². The quantitative estimate of drug-likeness (QED) is 0.707. The highest BCUT2D eigenvalue weighted by Crippen LogP contribution is 2.49. The fraction of sp³-hybridized carbons (Fsp3) is 0.647. The van der Waals surface area contributed by atoms with Gasteiger partial charge in [0.15, 0.2) is 0 Å². The predicted molar refractivity (Wildman–Crippen MR) is 78.1 cm³/mol. The lowest BCUT2D eigenvalue weighted by Crippen LogP contribution is -2.49. The molecule has 1 heterocycles. The summed E-state index contributed by atoms with van der Waals surface area (Å²) in [5.41, 5.74) is 4.60. The van der Waals surface area contributed by atoms with E-state index in [1.165, 1.54) is 36.1 Å². The van der Waals surface area contributed by atoms with Crippen LogP contribution in [-0.2, 0) is 5.41 Å². The molecule has 18 heavy (non-hydrogen) atoms. The molecule has 2 aliphatic rings. The first-order valence-corrected chi connectivity index (χ1v) is 7.36. The van der Waals surface area contributed by atoms with E-state index in [1.54, 1.807) is 0 Å². The van der Waals surface area contributed by atoms with Gasteiger partial charge in [-0.3, -0.25) is 0 Å². The molecular formula is C17H25N. The van der Waals surface area contributed by atoms with Gasteiger partial charge in [-0.1, -0.05) is 44.9 Å². The van der Waals surface area contributed by atoms with Gasteiger partial charge in [-0.25, -0.2) is 0 Å². The molecule has 0 radical (unpaired) electrons. The second-order valence-electron chi connectivity index (χ2n) is 7.05. The molecule has 2 unspecified atom stereocenters. The van der Waals surface area contributed by atoms with Crippen molar-refractivity contribution in [3.63, 3.8) is 0 Å². The normalized spacial score (nSPS) is 33.2. The second kappa shape index (κ2) is 4.01. The summed E-state index contributed by atoms with van der Waals surface area (Å²) in [5.74, 6) is 1.67. The number of aryl methyl sites for hydroxylation is 1. The van der Waals surface area contributed by atoms with E-state index in [1.807, 2.05) is 0 Å². The first kappa shape index (κ1) is 12.1. The zero-order valence-electron chi connectivity index (χ0n) is 12.1. The SMILES string of the molecule is Cc1ccc2c(c1)C(C)(C)C1CC[C@@H](C)CC1N2. The minimum Gasteiger partial charge on any atom is -0.382 e. The number of anilines is 1. The molecule has 0 amide bonds. The molecular weight excluding hydrogens is 218 g/mol. The Balaban J connectivity index is 2.04. The Bertz CT molecular complexity index is 461. The van der Waals surface area contributed by atoms with E-state index in [0.717, 1.165) is 11.8 Å². The van der Waals surface area contributed by atoms with Crippen LogP contribution in [0, 0.1) is 18.8 Å². The van der Waals surface area contributed by atoms with Gasteiger partial charge in [0, 0.05) is 11.7 Å². The lowest BCUT2D eigenvalue weighted by molar-refractivity contribution is 0.174. The molecule has 0 bridgehead atoms. The van der Waals surface area contributed by atoms with Crippen molar-refractivity contribution in [3.8, 4) is 0 Å². The third kappa shape index (κ3) is 1.75. The highest BCUT2D eigenvalue weighted by molar-refractivity contribution is 5.59. The van der Waals surface area contributed by atoms with Crippen LogP contribution in [0.4, 0.5) is 5.69 Å². The van der Waals surface area contributed by atoms with Crippen molar-refractivity contribution in [1.82, 2.24) is 0 Å². The molecule has 1 aromatic rings. The van der Waals surface area contributed by atoms with E-state index in [0.29, 0.717) is 11.5 Å². The van der Waals surface area contributed by atoms with Crippen LogP contribution in [-0.4, -0.2) is 6.04 Å². The van der Waals surface area contributed by atoms with Crippen molar-refractivity contribution in [2.24, 2.45) is 11.8 Å². The molecule has 1 saturated carbocycles. The van der Waals surface area contributed by atoms with Crippen molar-refractivity contribution in [2.75, 3.05) is 5.32 Å². The standard InChI is InChI=1S/C17H25N/c1-11-6-8-15-14(9-11)17(3,4)13-7-5-12(2)10-16(13)18-15/h6,8-9,12-13,16,18H,5,7,10H2,1-4H3/t12-,13?,16?/m1/s1. The van der Waals surface area contributed by atoms with Crippen molar-refractivity contribution in [3.05, 3.63) is 29.3 Å². The van der Waals surface area contributed by atoms with Crippen molar-refractivity contribution >= 4 is 5.69 Å². The summed E-state index contributed by atoms with van der Waals surface area (Å²) in [6.07, 6.45) is 4.11. The van der Waals surface area contributed by atoms with E-state index < -0.39 is 0 Å². The molecule has 1 aliphatic carbocycles. The maximum absolute atomic E-state index is 3.81. The topological polar surface area (TPSA) is 12.0 Å². The first-order valence-electron chi connectivity index (χ1n) is 7.36. The van der Waals surface area contributed by atoms with E-state index in [-0.39, 0.29) is 0 Å². The Hall–Kier alpha value is -0.980. The van der Waals surface area contributed by atoms with Gasteiger partial charge in [0.05, 0.1) is 0 Å². The second-order valence-corrected chi connectivity index (χ2v) is 7.05. The van der Waals surface area contributed by atoms with Crippen LogP contribution in [0.3, 0.4) is 0 Å². The van der Waals surface area contributed by atoms with Gasteiger partial charge in [-0.05, 0) is 48.6 Å². The number of rotatable bonds is 0. The van der Waals surface area contributed by atoms with E-state index >= 15 is 0 Å². The maximum Gasteiger partial charge on any atom is 0.0380 e. The largest absolute Gasteiger partial charge is 0.382 e. The van der Waals surface area contributed by atoms with Gasteiger partial charge in [0.1, 0.15) is 0 Å². The third-order valence-corrected chi connectivity index (χ3v) is 5.25.